The zero-order valence-corrected chi connectivity index (χ0v) is 73.7. The standard InChI is InChI=1S/C44H27NO2.2C42H25NO2/c1-3-11-29(12-4-1)34-17-9-18-36-41-33(16-10-20-40(41)47-43(34)36)30-23-21-28(22-24-30)31-25-26-39-37(27-31)42-44(46-39)35-15-7-8-19-38(35)45(42)32-13-5-2-6-14-32;1-2-10-32(11-3-1)43-37-13-7-6-12-34(37)42-41(43)36-23-30(19-21-38(36)45-42)26-14-16-27(17-15-26)31-18-20-33-35-22-28-8-4-5-9-29(28)24-40(35)44-39(33)25-31;1-2-9-31(10-3-1)43-36-13-7-6-12-33(36)42-41(43)35-24-29(20-22-37(35)45-42)26-14-16-27(17-15-26)30-18-21-34-39(25-30)44-38-23-19-28-8-4-5-11-32(28)40(34)38/h1-27H;2*1-25H. The van der Waals surface area contributed by atoms with Gasteiger partial charge in [-0.25, -0.2) is 0 Å². The van der Waals surface area contributed by atoms with E-state index >= 15 is 0 Å². The van der Waals surface area contributed by atoms with Gasteiger partial charge in [-0.3, -0.25) is 0 Å². The topological polar surface area (TPSA) is 93.6 Å². The van der Waals surface area contributed by atoms with Crippen LogP contribution in [-0.4, -0.2) is 13.7 Å². The molecule has 0 aliphatic rings. The number of aromatic nitrogens is 3. The van der Waals surface area contributed by atoms with Gasteiger partial charge in [0, 0.05) is 87.3 Å². The minimum atomic E-state index is 0.888. The SMILES string of the molecule is c1ccc(-c2cccc3c2oc2cccc(-c4ccc(-c5ccc6oc7c8ccccc8n(-c8ccccc8)c7c6c5)cc4)c23)cc1.c1ccc(-n2c3ccccc3c3oc4ccc(-c5ccc(-c6ccc7c(c6)oc6cc8ccccc8cc67)cc5)cc4c32)cc1.c1ccc(-n2c3ccccc3c3oc4ccc(-c5ccc(-c6ccc7c(c6)oc6ccc8ccccc8c67)cc5)cc4c32)cc1. The van der Waals surface area contributed by atoms with Crippen LogP contribution in [0.4, 0.5) is 0 Å². The van der Waals surface area contributed by atoms with Crippen LogP contribution in [0.5, 0.6) is 0 Å². The summed E-state index contributed by atoms with van der Waals surface area (Å²) in [5.41, 5.74) is 37.1. The van der Waals surface area contributed by atoms with E-state index in [4.69, 9.17) is 26.5 Å². The van der Waals surface area contributed by atoms with Crippen molar-refractivity contribution in [2.24, 2.45) is 0 Å². The van der Waals surface area contributed by atoms with Crippen molar-refractivity contribution < 1.29 is 26.5 Å². The maximum atomic E-state index is 6.51. The van der Waals surface area contributed by atoms with Gasteiger partial charge < -0.3 is 40.2 Å². The molecule has 0 aliphatic heterocycles. The van der Waals surface area contributed by atoms with E-state index in [2.05, 4.69) is 475 Å². The highest BCUT2D eigenvalue weighted by Crippen LogP contribution is 2.48. The summed E-state index contributed by atoms with van der Waals surface area (Å²) in [6.45, 7) is 0. The van der Waals surface area contributed by atoms with Crippen LogP contribution in [0.2, 0.25) is 0 Å². The number of hydrogen-bond acceptors (Lipinski definition) is 6. The number of furan rings is 6. The van der Waals surface area contributed by atoms with Gasteiger partial charge in [0.05, 0.1) is 16.6 Å². The molecule has 0 atom stereocenters. The molecule has 30 rings (SSSR count). The Hall–Kier alpha value is -18.4. The highest BCUT2D eigenvalue weighted by molar-refractivity contribution is 6.23. The Morgan fingerprint density at radius 3 is 0.956 bits per heavy atom. The maximum absolute atomic E-state index is 6.51. The van der Waals surface area contributed by atoms with Gasteiger partial charge in [-0.1, -0.05) is 309 Å². The van der Waals surface area contributed by atoms with Gasteiger partial charge in [0.15, 0.2) is 16.7 Å². The molecule has 137 heavy (non-hydrogen) atoms. The zero-order chi connectivity index (χ0) is 89.9. The molecule has 0 saturated carbocycles. The van der Waals surface area contributed by atoms with E-state index in [1.54, 1.807) is 0 Å². The molecule has 0 N–H and O–H groups in total. The van der Waals surface area contributed by atoms with Gasteiger partial charge in [0.2, 0.25) is 0 Å². The van der Waals surface area contributed by atoms with Gasteiger partial charge in [-0.15, -0.1) is 0 Å². The lowest BCUT2D eigenvalue weighted by molar-refractivity contribution is 0.669. The molecule has 0 bridgehead atoms. The van der Waals surface area contributed by atoms with Crippen LogP contribution in [0.1, 0.15) is 0 Å². The molecule has 9 nitrogen and oxygen atoms in total. The lowest BCUT2D eigenvalue weighted by Gasteiger charge is -2.08. The fourth-order valence-corrected chi connectivity index (χ4v) is 21.3. The fraction of sp³-hybridized carbons (Fsp3) is 0. The number of para-hydroxylation sites is 7. The quantitative estimate of drug-likeness (QED) is 0.135. The molecule has 0 radical (unpaired) electrons. The van der Waals surface area contributed by atoms with Crippen molar-refractivity contribution in [2.75, 3.05) is 0 Å². The minimum Gasteiger partial charge on any atom is -0.456 e. The largest absolute Gasteiger partial charge is 0.456 e. The second-order valence-electron chi connectivity index (χ2n) is 35.6. The molecule has 9 heterocycles. The Kier molecular flexibility index (Phi) is 17.6. The van der Waals surface area contributed by atoms with Crippen LogP contribution >= 0.6 is 0 Å². The summed E-state index contributed by atoms with van der Waals surface area (Å²) in [5, 5.41) is 18.4. The predicted octanol–water partition coefficient (Wildman–Crippen LogP) is 36.3. The highest BCUT2D eigenvalue weighted by atomic mass is 16.4. The number of rotatable bonds is 10. The van der Waals surface area contributed by atoms with Crippen LogP contribution in [-0.2, 0) is 0 Å². The van der Waals surface area contributed by atoms with Crippen molar-refractivity contribution in [3.05, 3.63) is 467 Å². The molecule has 0 spiro atoms. The summed E-state index contributed by atoms with van der Waals surface area (Å²) in [5.74, 6) is 0. The Bertz CT molecular complexity index is 10100. The number of nitrogens with zero attached hydrogens (tertiary/aromatic N) is 3. The summed E-state index contributed by atoms with van der Waals surface area (Å²) in [4.78, 5) is 0. The molecule has 640 valence electrons. The van der Waals surface area contributed by atoms with Gasteiger partial charge in [-0.2, -0.15) is 0 Å². The molecule has 0 saturated heterocycles. The first-order chi connectivity index (χ1) is 67.9. The van der Waals surface area contributed by atoms with Crippen LogP contribution < -0.4 is 0 Å². The molecule has 0 aliphatic carbocycles. The maximum Gasteiger partial charge on any atom is 0.161 e. The molecule has 9 heteroatoms. The van der Waals surface area contributed by atoms with Gasteiger partial charge in [0.1, 0.15) is 66.8 Å². The molecule has 9 aromatic heterocycles. The van der Waals surface area contributed by atoms with E-state index in [1.165, 1.54) is 26.9 Å². The second kappa shape index (κ2) is 31.1. The van der Waals surface area contributed by atoms with Crippen molar-refractivity contribution in [3.8, 4) is 95.0 Å². The lowest BCUT2D eigenvalue weighted by Crippen LogP contribution is -1.92. The molecule has 0 amide bonds. The Labute approximate surface area is 783 Å². The van der Waals surface area contributed by atoms with Crippen molar-refractivity contribution >= 4 is 186 Å². The monoisotopic (exact) mass is 1750 g/mol. The van der Waals surface area contributed by atoms with E-state index < -0.39 is 0 Å². The summed E-state index contributed by atoms with van der Waals surface area (Å²) >= 11 is 0. The average Bonchev–Trinajstić information content (AvgIpc) is 1.57. The zero-order valence-electron chi connectivity index (χ0n) is 73.7. The molecule has 0 unspecified atom stereocenters. The van der Waals surface area contributed by atoms with E-state index in [9.17, 15) is 0 Å². The first-order valence-corrected chi connectivity index (χ1v) is 46.4. The third-order valence-corrected chi connectivity index (χ3v) is 27.8. The van der Waals surface area contributed by atoms with E-state index in [-0.39, 0.29) is 0 Å². The second-order valence-corrected chi connectivity index (χ2v) is 35.6. The summed E-state index contributed by atoms with van der Waals surface area (Å²) in [7, 11) is 0. The van der Waals surface area contributed by atoms with Crippen LogP contribution in [0, 0.1) is 0 Å². The van der Waals surface area contributed by atoms with Crippen LogP contribution in [0.25, 0.3) is 281 Å². The third kappa shape index (κ3) is 12.6. The Morgan fingerprint density at radius 1 is 0.139 bits per heavy atom. The lowest BCUT2D eigenvalue weighted by atomic mass is 9.95. The predicted molar refractivity (Wildman–Crippen MR) is 567 cm³/mol. The summed E-state index contributed by atoms with van der Waals surface area (Å²) in [6, 6.07) is 165. The first-order valence-electron chi connectivity index (χ1n) is 46.4. The fourth-order valence-electron chi connectivity index (χ4n) is 21.3. The molecular formula is C128H77N3O6. The third-order valence-electron chi connectivity index (χ3n) is 27.8. The Balaban J connectivity index is 0.000000102. The number of hydrogen-bond donors (Lipinski definition) is 0. The summed E-state index contributed by atoms with van der Waals surface area (Å²) < 4.78 is 45.6. The van der Waals surface area contributed by atoms with Crippen LogP contribution in [0.3, 0.4) is 0 Å². The number of fused-ring (bicyclic) bond motifs is 27. The highest BCUT2D eigenvalue weighted by Gasteiger charge is 2.26. The smallest absolute Gasteiger partial charge is 0.161 e. The molecule has 21 aromatic carbocycles. The molecule has 0 fully saturated rings. The first kappa shape index (κ1) is 77.3. The van der Waals surface area contributed by atoms with Crippen molar-refractivity contribution in [1.29, 1.82) is 0 Å². The van der Waals surface area contributed by atoms with Crippen molar-refractivity contribution in [3.63, 3.8) is 0 Å². The van der Waals surface area contributed by atoms with E-state index in [1.807, 2.05) is 6.07 Å². The normalized spacial score (nSPS) is 11.9. The number of benzene rings is 21. The van der Waals surface area contributed by atoms with Gasteiger partial charge in [0.25, 0.3) is 0 Å². The summed E-state index contributed by atoms with van der Waals surface area (Å²) in [6.07, 6.45) is 0. The minimum absolute atomic E-state index is 0.888. The molecule has 30 aromatic rings. The van der Waals surface area contributed by atoms with E-state index in [0.29, 0.717) is 0 Å². The van der Waals surface area contributed by atoms with Crippen molar-refractivity contribution in [2.45, 2.75) is 0 Å². The van der Waals surface area contributed by atoms with Gasteiger partial charge >= 0.3 is 0 Å². The van der Waals surface area contributed by atoms with Crippen molar-refractivity contribution in [1.82, 2.24) is 13.7 Å². The Morgan fingerprint density at radius 2 is 0.467 bits per heavy atom. The molecular weight excluding hydrogens is 1680 g/mol. The van der Waals surface area contributed by atoms with Gasteiger partial charge in [-0.05, 0) is 252 Å². The van der Waals surface area contributed by atoms with Crippen LogP contribution in [0.15, 0.2) is 494 Å². The average molecular weight is 1750 g/mol. The van der Waals surface area contributed by atoms with E-state index in [0.717, 1.165) is 254 Å².